The van der Waals surface area contributed by atoms with Crippen molar-refractivity contribution in [3.05, 3.63) is 51.0 Å². The van der Waals surface area contributed by atoms with E-state index in [9.17, 15) is 9.18 Å². The lowest BCUT2D eigenvalue weighted by Gasteiger charge is -2.05. The van der Waals surface area contributed by atoms with Crippen molar-refractivity contribution in [3.8, 4) is 0 Å². The average Bonchev–Trinajstić information content (AvgIpc) is 2.69. The van der Waals surface area contributed by atoms with Gasteiger partial charge in [-0.2, -0.15) is 5.10 Å². The number of rotatable bonds is 4. The van der Waals surface area contributed by atoms with Crippen LogP contribution in [0.1, 0.15) is 28.7 Å². The molecule has 0 saturated carbocycles. The van der Waals surface area contributed by atoms with Crippen LogP contribution in [0.2, 0.25) is 10.0 Å². The summed E-state index contributed by atoms with van der Waals surface area (Å²) in [6.45, 7) is 1.93. The fraction of sp³-hybridized carbons (Fsp3) is 0.286. The molecule has 0 N–H and O–H groups in total. The highest BCUT2D eigenvalue weighted by atomic mass is 35.5. The summed E-state index contributed by atoms with van der Waals surface area (Å²) in [5.74, 6) is -1.08. The Morgan fingerprint density at radius 2 is 2.10 bits per heavy atom. The number of carbonyl (C=O) groups excluding carboxylic acids is 1. The molecule has 0 aliphatic heterocycles. The van der Waals surface area contributed by atoms with Crippen LogP contribution in [0.25, 0.3) is 0 Å². The van der Waals surface area contributed by atoms with Gasteiger partial charge < -0.3 is 0 Å². The number of benzene rings is 1. The van der Waals surface area contributed by atoms with Gasteiger partial charge >= 0.3 is 0 Å². The van der Waals surface area contributed by atoms with Crippen molar-refractivity contribution >= 4 is 29.0 Å². The quantitative estimate of drug-likeness (QED) is 0.803. The topological polar surface area (TPSA) is 34.9 Å². The van der Waals surface area contributed by atoms with Gasteiger partial charge in [0.25, 0.3) is 0 Å². The van der Waals surface area contributed by atoms with Crippen molar-refractivity contribution in [2.75, 3.05) is 0 Å². The van der Waals surface area contributed by atoms with Gasteiger partial charge in [0.2, 0.25) is 0 Å². The molecule has 0 aliphatic rings. The molecule has 0 fully saturated rings. The lowest BCUT2D eigenvalue weighted by Crippen LogP contribution is -2.10. The van der Waals surface area contributed by atoms with Crippen molar-refractivity contribution < 1.29 is 9.18 Å². The molecular formula is C14H13Cl2FN2O. The second-order valence-corrected chi connectivity index (χ2v) is 5.17. The Kier molecular flexibility index (Phi) is 4.45. The molecule has 2 aromatic rings. The predicted molar refractivity (Wildman–Crippen MR) is 77.0 cm³/mol. The number of aromatic nitrogens is 2. The molecule has 0 aliphatic carbocycles. The molecule has 1 aromatic carbocycles. The number of carbonyl (C=O) groups is 1. The third kappa shape index (κ3) is 2.72. The summed E-state index contributed by atoms with van der Waals surface area (Å²) in [7, 11) is 1.71. The standard InChI is InChI=1S/C14H13Cl2FN2O/c1-3-10-13(16)11(19(2)18-10)7-12(20)8-5-4-6-9(15)14(8)17/h4-6H,3,7H2,1-2H3. The van der Waals surface area contributed by atoms with Gasteiger partial charge in [-0.3, -0.25) is 9.48 Å². The zero-order valence-electron chi connectivity index (χ0n) is 11.1. The Morgan fingerprint density at radius 1 is 1.40 bits per heavy atom. The largest absolute Gasteiger partial charge is 0.294 e. The smallest absolute Gasteiger partial charge is 0.171 e. The van der Waals surface area contributed by atoms with Crippen LogP contribution in [-0.4, -0.2) is 15.6 Å². The number of aryl methyl sites for hydroxylation is 2. The predicted octanol–water partition coefficient (Wildman–Crippen LogP) is 3.85. The molecule has 0 spiro atoms. The molecule has 1 heterocycles. The number of Topliss-reactive ketones (excluding diaryl/α,β-unsaturated/α-hetero) is 1. The summed E-state index contributed by atoms with van der Waals surface area (Å²) in [5, 5.41) is 4.62. The summed E-state index contributed by atoms with van der Waals surface area (Å²) in [6, 6.07) is 4.36. The fourth-order valence-corrected chi connectivity index (χ4v) is 2.51. The second-order valence-electron chi connectivity index (χ2n) is 4.39. The molecule has 20 heavy (non-hydrogen) atoms. The fourth-order valence-electron chi connectivity index (χ4n) is 1.98. The van der Waals surface area contributed by atoms with Crippen LogP contribution in [-0.2, 0) is 19.9 Å². The van der Waals surface area contributed by atoms with Crippen LogP contribution in [0.5, 0.6) is 0 Å². The maximum absolute atomic E-state index is 13.8. The zero-order chi connectivity index (χ0) is 14.9. The lowest BCUT2D eigenvalue weighted by atomic mass is 10.1. The van der Waals surface area contributed by atoms with Crippen molar-refractivity contribution in [2.45, 2.75) is 19.8 Å². The van der Waals surface area contributed by atoms with E-state index < -0.39 is 5.82 Å². The molecule has 0 saturated heterocycles. The first-order valence-corrected chi connectivity index (χ1v) is 6.88. The van der Waals surface area contributed by atoms with Crippen molar-refractivity contribution in [3.63, 3.8) is 0 Å². The minimum Gasteiger partial charge on any atom is -0.294 e. The number of hydrogen-bond donors (Lipinski definition) is 0. The maximum Gasteiger partial charge on any atom is 0.171 e. The summed E-state index contributed by atoms with van der Waals surface area (Å²) < 4.78 is 15.4. The Hall–Kier alpha value is -1.39. The van der Waals surface area contributed by atoms with Crippen molar-refractivity contribution in [2.24, 2.45) is 7.05 Å². The van der Waals surface area contributed by atoms with E-state index in [1.807, 2.05) is 6.92 Å². The van der Waals surface area contributed by atoms with E-state index >= 15 is 0 Å². The van der Waals surface area contributed by atoms with Crippen molar-refractivity contribution in [1.29, 1.82) is 0 Å². The molecular weight excluding hydrogens is 302 g/mol. The lowest BCUT2D eigenvalue weighted by molar-refractivity contribution is 0.0987. The number of halogens is 3. The van der Waals surface area contributed by atoms with Crippen LogP contribution >= 0.6 is 23.2 Å². The number of nitrogens with zero attached hydrogens (tertiary/aromatic N) is 2. The molecule has 6 heteroatoms. The molecule has 1 aromatic heterocycles. The molecule has 0 bridgehead atoms. The third-order valence-corrected chi connectivity index (χ3v) is 3.81. The Morgan fingerprint density at radius 3 is 2.70 bits per heavy atom. The third-order valence-electron chi connectivity index (χ3n) is 3.08. The zero-order valence-corrected chi connectivity index (χ0v) is 12.6. The molecule has 0 amide bonds. The minimum absolute atomic E-state index is 0.0143. The Bertz CT molecular complexity index is 667. The van der Waals surface area contributed by atoms with Crippen LogP contribution in [0.15, 0.2) is 18.2 Å². The van der Waals surface area contributed by atoms with Crippen LogP contribution in [0.3, 0.4) is 0 Å². The minimum atomic E-state index is -0.701. The van der Waals surface area contributed by atoms with Gasteiger partial charge in [-0.05, 0) is 18.6 Å². The van der Waals surface area contributed by atoms with E-state index in [-0.39, 0.29) is 22.8 Å². The highest BCUT2D eigenvalue weighted by Gasteiger charge is 2.20. The van der Waals surface area contributed by atoms with E-state index in [4.69, 9.17) is 23.2 Å². The van der Waals surface area contributed by atoms with Gasteiger partial charge in [0.15, 0.2) is 11.6 Å². The van der Waals surface area contributed by atoms with E-state index in [1.54, 1.807) is 17.8 Å². The molecule has 0 atom stereocenters. The molecule has 3 nitrogen and oxygen atoms in total. The molecule has 0 radical (unpaired) electrons. The van der Waals surface area contributed by atoms with Gasteiger partial charge in [-0.1, -0.05) is 36.2 Å². The first-order valence-electron chi connectivity index (χ1n) is 6.13. The summed E-state index contributed by atoms with van der Waals surface area (Å²) in [5.41, 5.74) is 1.27. The van der Waals surface area contributed by atoms with Gasteiger partial charge in [0.05, 0.1) is 33.4 Å². The number of ketones is 1. The van der Waals surface area contributed by atoms with Gasteiger partial charge in [0, 0.05) is 7.05 Å². The van der Waals surface area contributed by atoms with Gasteiger partial charge in [0.1, 0.15) is 0 Å². The SMILES string of the molecule is CCc1nn(C)c(CC(=O)c2cccc(Cl)c2F)c1Cl. The van der Waals surface area contributed by atoms with Crippen molar-refractivity contribution in [1.82, 2.24) is 9.78 Å². The highest BCUT2D eigenvalue weighted by Crippen LogP contribution is 2.24. The summed E-state index contributed by atoms with van der Waals surface area (Å²) in [6.07, 6.45) is 0.659. The highest BCUT2D eigenvalue weighted by molar-refractivity contribution is 6.32. The first kappa shape index (κ1) is 15.0. The monoisotopic (exact) mass is 314 g/mol. The van der Waals surface area contributed by atoms with E-state index in [0.717, 1.165) is 5.69 Å². The molecule has 2 rings (SSSR count). The summed E-state index contributed by atoms with van der Waals surface area (Å²) >= 11 is 11.9. The molecule has 106 valence electrons. The van der Waals surface area contributed by atoms with Crippen LogP contribution < -0.4 is 0 Å². The first-order chi connectivity index (χ1) is 9.45. The maximum atomic E-state index is 13.8. The van der Waals surface area contributed by atoms with E-state index in [1.165, 1.54) is 12.1 Å². The van der Waals surface area contributed by atoms with Gasteiger partial charge in [-0.15, -0.1) is 0 Å². The van der Waals surface area contributed by atoms with Crippen LogP contribution in [0.4, 0.5) is 4.39 Å². The Balaban J connectivity index is 2.33. The van der Waals surface area contributed by atoms with E-state index in [2.05, 4.69) is 5.10 Å². The van der Waals surface area contributed by atoms with E-state index in [0.29, 0.717) is 17.1 Å². The summed E-state index contributed by atoms with van der Waals surface area (Å²) in [4.78, 5) is 12.2. The number of hydrogen-bond acceptors (Lipinski definition) is 2. The Labute approximate surface area is 126 Å². The molecule has 0 unspecified atom stereocenters. The second kappa shape index (κ2) is 5.94. The average molecular weight is 315 g/mol. The normalized spacial score (nSPS) is 10.8. The van der Waals surface area contributed by atoms with Crippen LogP contribution in [0, 0.1) is 5.82 Å². The van der Waals surface area contributed by atoms with Gasteiger partial charge in [-0.25, -0.2) is 4.39 Å².